The fraction of sp³-hybridized carbons (Fsp3) is 0.500. The van der Waals surface area contributed by atoms with Crippen LogP contribution in [-0.2, 0) is 19.1 Å². The van der Waals surface area contributed by atoms with E-state index in [0.717, 1.165) is 43.8 Å². The molecule has 7 nitrogen and oxygen atoms in total. The van der Waals surface area contributed by atoms with Gasteiger partial charge in [0.15, 0.2) is 0 Å². The van der Waals surface area contributed by atoms with Gasteiger partial charge in [0.2, 0.25) is 0 Å². The molecule has 2 aliphatic heterocycles. The molecule has 12 heteroatoms. The highest BCUT2D eigenvalue weighted by molar-refractivity contribution is 5.61. The van der Waals surface area contributed by atoms with Crippen LogP contribution in [0.3, 0.4) is 0 Å². The number of halogens is 5. The Morgan fingerprint density at radius 1 is 1.11 bits per heavy atom. The van der Waals surface area contributed by atoms with Crippen molar-refractivity contribution in [1.29, 1.82) is 0 Å². The number of likely N-dealkylation sites (tertiary alicyclic amines) is 1. The van der Waals surface area contributed by atoms with Crippen molar-refractivity contribution >= 4 is 11.6 Å². The number of hydrogen-bond donors (Lipinski definition) is 1. The molecule has 0 spiro atoms. The Morgan fingerprint density at radius 2 is 1.89 bits per heavy atom. The first-order chi connectivity index (χ1) is 18.2. The van der Waals surface area contributed by atoms with E-state index in [1.54, 1.807) is 6.20 Å². The fourth-order valence-electron chi connectivity index (χ4n) is 5.22. The maximum Gasteiger partial charge on any atom is 0.419 e. The Balaban J connectivity index is 1.44. The van der Waals surface area contributed by atoms with E-state index in [1.165, 1.54) is 12.4 Å². The molecule has 0 saturated carbocycles. The Kier molecular flexibility index (Phi) is 7.26. The van der Waals surface area contributed by atoms with E-state index >= 15 is 4.39 Å². The van der Waals surface area contributed by atoms with E-state index in [4.69, 9.17) is 5.73 Å². The zero-order chi connectivity index (χ0) is 27.0. The molecule has 0 unspecified atom stereocenters. The third kappa shape index (κ3) is 5.18. The van der Waals surface area contributed by atoms with E-state index in [1.807, 2.05) is 16.4 Å². The van der Waals surface area contributed by atoms with Crippen LogP contribution in [0.5, 0.6) is 0 Å². The number of anilines is 2. The maximum atomic E-state index is 15.8. The maximum absolute atomic E-state index is 15.8. The molecule has 2 aliphatic rings. The van der Waals surface area contributed by atoms with Crippen LogP contribution < -0.4 is 10.6 Å². The number of nitrogen functional groups attached to an aromatic ring is 1. The highest BCUT2D eigenvalue weighted by atomic mass is 19.4. The van der Waals surface area contributed by atoms with Crippen LogP contribution in [0.4, 0.5) is 33.6 Å². The van der Waals surface area contributed by atoms with Crippen LogP contribution >= 0.6 is 0 Å². The fourth-order valence-corrected chi connectivity index (χ4v) is 5.22. The summed E-state index contributed by atoms with van der Waals surface area (Å²) in [6, 6.07) is 2.84. The van der Waals surface area contributed by atoms with Crippen LogP contribution in [0.15, 0.2) is 30.7 Å². The number of alkyl halides is 4. The average molecular weight is 536 g/mol. The van der Waals surface area contributed by atoms with Crippen LogP contribution in [-0.4, -0.2) is 63.3 Å². The van der Waals surface area contributed by atoms with Crippen LogP contribution in [0.2, 0.25) is 0 Å². The molecule has 3 aromatic rings. The standard InChI is InChI=1S/C26H30F5N7/c1-2-17-23(32)33-15-34-24(17)37-9-6-18(21(28)13-37)25-35-22(14-38(25)11-10-36-7-3-8-36)16-4-5-20(27)19(12-16)26(29,30)31/h4-5,12,14-15,18,21H,2-3,6-11,13H2,1H3,(H2,32,33,34)/t18-,21-/m1/s1. The Bertz CT molecular complexity index is 1290. The van der Waals surface area contributed by atoms with Crippen LogP contribution in [0, 0.1) is 5.82 Å². The predicted molar refractivity (Wildman–Crippen MR) is 134 cm³/mol. The molecule has 2 saturated heterocycles. The number of nitrogens with zero attached hydrogens (tertiary/aromatic N) is 6. The highest BCUT2D eigenvalue weighted by Crippen LogP contribution is 2.37. The van der Waals surface area contributed by atoms with Crippen molar-refractivity contribution in [2.24, 2.45) is 0 Å². The normalized spacial score (nSPS) is 20.5. The lowest BCUT2D eigenvalue weighted by molar-refractivity contribution is -0.139. The van der Waals surface area contributed by atoms with E-state index in [9.17, 15) is 17.6 Å². The van der Waals surface area contributed by atoms with E-state index in [0.29, 0.717) is 43.4 Å². The van der Waals surface area contributed by atoms with Gasteiger partial charge in [-0.3, -0.25) is 0 Å². The third-order valence-corrected chi connectivity index (χ3v) is 7.46. The highest BCUT2D eigenvalue weighted by Gasteiger charge is 2.37. The van der Waals surface area contributed by atoms with Crippen molar-refractivity contribution in [2.75, 3.05) is 43.4 Å². The minimum atomic E-state index is -4.83. The molecule has 1 aromatic carbocycles. The van der Waals surface area contributed by atoms with Gasteiger partial charge in [-0.1, -0.05) is 6.92 Å². The van der Waals surface area contributed by atoms with Gasteiger partial charge < -0.3 is 20.1 Å². The monoisotopic (exact) mass is 535 g/mol. The first-order valence-corrected chi connectivity index (χ1v) is 12.8. The van der Waals surface area contributed by atoms with Crippen molar-refractivity contribution in [2.45, 2.75) is 51.0 Å². The van der Waals surface area contributed by atoms with Gasteiger partial charge in [0.05, 0.1) is 23.7 Å². The smallest absolute Gasteiger partial charge is 0.383 e. The molecule has 0 radical (unpaired) electrons. The molecule has 2 aromatic heterocycles. The second-order valence-corrected chi connectivity index (χ2v) is 9.84. The number of rotatable bonds is 7. The van der Waals surface area contributed by atoms with Crippen molar-refractivity contribution in [3.05, 3.63) is 53.5 Å². The van der Waals surface area contributed by atoms with Crippen molar-refractivity contribution in [1.82, 2.24) is 24.4 Å². The van der Waals surface area contributed by atoms with Crippen molar-refractivity contribution < 1.29 is 22.0 Å². The van der Waals surface area contributed by atoms with Crippen LogP contribution in [0.25, 0.3) is 11.3 Å². The summed E-state index contributed by atoms with van der Waals surface area (Å²) in [7, 11) is 0. The van der Waals surface area contributed by atoms with E-state index < -0.39 is 29.6 Å². The molecular weight excluding hydrogens is 505 g/mol. The summed E-state index contributed by atoms with van der Waals surface area (Å²) in [6.07, 6.45) is -0.927. The zero-order valence-electron chi connectivity index (χ0n) is 21.1. The quantitative estimate of drug-likeness (QED) is 0.443. The van der Waals surface area contributed by atoms with Gasteiger partial charge in [0.25, 0.3) is 0 Å². The lowest BCUT2D eigenvalue weighted by Crippen LogP contribution is -2.43. The second-order valence-electron chi connectivity index (χ2n) is 9.84. The molecule has 0 bridgehead atoms. The van der Waals surface area contributed by atoms with Gasteiger partial charge in [-0.05, 0) is 50.6 Å². The summed E-state index contributed by atoms with van der Waals surface area (Å²) >= 11 is 0. The summed E-state index contributed by atoms with van der Waals surface area (Å²) in [5.74, 6) is -0.411. The number of imidazole rings is 1. The van der Waals surface area contributed by atoms with Gasteiger partial charge >= 0.3 is 6.18 Å². The average Bonchev–Trinajstić information content (AvgIpc) is 3.26. The predicted octanol–water partition coefficient (Wildman–Crippen LogP) is 4.68. The number of aromatic nitrogens is 4. The summed E-state index contributed by atoms with van der Waals surface area (Å²) in [6.45, 7) is 5.76. The largest absolute Gasteiger partial charge is 0.419 e. The van der Waals surface area contributed by atoms with Gasteiger partial charge in [0, 0.05) is 37.0 Å². The van der Waals surface area contributed by atoms with Crippen molar-refractivity contribution in [3.8, 4) is 11.3 Å². The second kappa shape index (κ2) is 10.5. The Labute approximate surface area is 217 Å². The molecule has 0 aliphatic carbocycles. The Hall–Kier alpha value is -3.28. The first-order valence-electron chi connectivity index (χ1n) is 12.8. The molecule has 0 amide bonds. The SMILES string of the molecule is CCc1c(N)ncnc1N1CC[C@@H](c2nc(-c3ccc(F)c(C(F)(F)F)c3)cn2CCN2CCC2)[C@H](F)C1. The molecule has 2 atom stereocenters. The first kappa shape index (κ1) is 26.3. The summed E-state index contributed by atoms with van der Waals surface area (Å²) < 4.78 is 71.5. The zero-order valence-corrected chi connectivity index (χ0v) is 21.1. The summed E-state index contributed by atoms with van der Waals surface area (Å²) in [4.78, 5) is 17.1. The van der Waals surface area contributed by atoms with E-state index in [2.05, 4.69) is 19.9 Å². The summed E-state index contributed by atoms with van der Waals surface area (Å²) in [5.41, 5.74) is 5.83. The van der Waals surface area contributed by atoms with Gasteiger partial charge in [0.1, 0.15) is 35.8 Å². The molecule has 38 heavy (non-hydrogen) atoms. The molecular formula is C26H30F5N7. The molecule has 4 heterocycles. The topological polar surface area (TPSA) is 76.1 Å². The summed E-state index contributed by atoms with van der Waals surface area (Å²) in [5, 5.41) is 0. The molecule has 204 valence electrons. The van der Waals surface area contributed by atoms with Gasteiger partial charge in [-0.15, -0.1) is 0 Å². The molecule has 2 N–H and O–H groups in total. The van der Waals surface area contributed by atoms with Crippen LogP contribution in [0.1, 0.15) is 42.6 Å². The molecule has 5 rings (SSSR count). The number of benzene rings is 1. The minimum absolute atomic E-state index is 0.0806. The number of nitrogens with two attached hydrogens (primary N) is 1. The Morgan fingerprint density at radius 3 is 2.55 bits per heavy atom. The lowest BCUT2D eigenvalue weighted by atomic mass is 9.93. The van der Waals surface area contributed by atoms with E-state index in [-0.39, 0.29) is 17.8 Å². The molecule has 2 fully saturated rings. The minimum Gasteiger partial charge on any atom is -0.383 e. The number of hydrogen-bond acceptors (Lipinski definition) is 6. The lowest BCUT2D eigenvalue weighted by Gasteiger charge is -2.36. The van der Waals surface area contributed by atoms with Gasteiger partial charge in [-0.25, -0.2) is 23.7 Å². The van der Waals surface area contributed by atoms with Gasteiger partial charge in [-0.2, -0.15) is 13.2 Å². The third-order valence-electron chi connectivity index (χ3n) is 7.46. The van der Waals surface area contributed by atoms with Crippen molar-refractivity contribution in [3.63, 3.8) is 0 Å². The number of piperidine rings is 1.